The molecule has 1 aliphatic rings. The summed E-state index contributed by atoms with van der Waals surface area (Å²) in [7, 11) is 0. The Morgan fingerprint density at radius 1 is 1.35 bits per heavy atom. The maximum absolute atomic E-state index is 13.4. The second kappa shape index (κ2) is 5.58. The Kier molecular flexibility index (Phi) is 3.81. The second-order valence-electron chi connectivity index (χ2n) is 4.76. The zero-order valence-corrected chi connectivity index (χ0v) is 12.6. The number of thiophene rings is 1. The number of nitrogens with one attached hydrogen (secondary N) is 1. The minimum atomic E-state index is -0.252. The van der Waals surface area contributed by atoms with Gasteiger partial charge in [0.05, 0.1) is 10.9 Å². The number of thioether (sulfide) groups is 1. The molecule has 1 aliphatic heterocycles. The van der Waals surface area contributed by atoms with Crippen molar-refractivity contribution in [2.24, 2.45) is 0 Å². The van der Waals surface area contributed by atoms with Crippen molar-refractivity contribution >= 4 is 29.0 Å². The first-order chi connectivity index (χ1) is 9.63. The number of fused-ring (bicyclic) bond motifs is 1. The summed E-state index contributed by atoms with van der Waals surface area (Å²) in [6.45, 7) is 1.98. The summed E-state index contributed by atoms with van der Waals surface area (Å²) in [6.07, 6.45) is 0.831. The summed E-state index contributed by atoms with van der Waals surface area (Å²) >= 11 is 3.19. The first-order valence-electron chi connectivity index (χ1n) is 6.43. The van der Waals surface area contributed by atoms with Gasteiger partial charge in [0, 0.05) is 15.5 Å². The van der Waals surface area contributed by atoms with Crippen LogP contribution in [0.25, 0.3) is 0 Å². The van der Waals surface area contributed by atoms with Gasteiger partial charge < -0.3 is 5.32 Å². The quantitative estimate of drug-likeness (QED) is 0.902. The molecule has 1 aromatic heterocycles. The second-order valence-corrected chi connectivity index (χ2v) is 7.18. The molecule has 0 saturated heterocycles. The van der Waals surface area contributed by atoms with E-state index in [0.717, 1.165) is 27.5 Å². The van der Waals surface area contributed by atoms with Crippen molar-refractivity contribution < 1.29 is 9.18 Å². The van der Waals surface area contributed by atoms with Crippen LogP contribution in [0.4, 0.5) is 4.39 Å². The van der Waals surface area contributed by atoms with Gasteiger partial charge in [0.1, 0.15) is 5.82 Å². The maximum Gasteiger partial charge on any atom is 0.261 e. The SMILES string of the molecule is Cc1ccc(C(=O)NC2CCSc3ccc(F)cc32)s1. The number of hydrogen-bond donors (Lipinski definition) is 1. The number of carbonyl (C=O) groups excluding carboxylic acids is 1. The molecule has 1 unspecified atom stereocenters. The molecule has 1 amide bonds. The molecule has 2 heterocycles. The maximum atomic E-state index is 13.4. The van der Waals surface area contributed by atoms with E-state index >= 15 is 0 Å². The Bertz CT molecular complexity index is 653. The van der Waals surface area contributed by atoms with Gasteiger partial charge in [-0.05, 0) is 49.2 Å². The van der Waals surface area contributed by atoms with E-state index in [-0.39, 0.29) is 17.8 Å². The van der Waals surface area contributed by atoms with Gasteiger partial charge in [-0.25, -0.2) is 4.39 Å². The van der Waals surface area contributed by atoms with E-state index in [1.165, 1.54) is 23.5 Å². The molecular weight excluding hydrogens is 293 g/mol. The van der Waals surface area contributed by atoms with E-state index in [0.29, 0.717) is 4.88 Å². The summed E-state index contributed by atoms with van der Waals surface area (Å²) in [6, 6.07) is 8.47. The van der Waals surface area contributed by atoms with Crippen LogP contribution in [0.1, 0.15) is 32.6 Å². The Morgan fingerprint density at radius 2 is 2.20 bits per heavy atom. The molecular formula is C15H14FNOS2. The number of halogens is 1. The smallest absolute Gasteiger partial charge is 0.261 e. The lowest BCUT2D eigenvalue weighted by Gasteiger charge is -2.25. The largest absolute Gasteiger partial charge is 0.344 e. The molecule has 3 rings (SSSR count). The number of amides is 1. The van der Waals surface area contributed by atoms with Crippen molar-refractivity contribution in [2.45, 2.75) is 24.3 Å². The third kappa shape index (κ3) is 2.74. The number of carbonyl (C=O) groups is 1. The summed E-state index contributed by atoms with van der Waals surface area (Å²) in [5.74, 6) is 0.611. The first kappa shape index (κ1) is 13.6. The lowest BCUT2D eigenvalue weighted by atomic mass is 10.0. The van der Waals surface area contributed by atoms with Gasteiger partial charge >= 0.3 is 0 Å². The number of hydrogen-bond acceptors (Lipinski definition) is 3. The lowest BCUT2D eigenvalue weighted by molar-refractivity contribution is 0.0939. The van der Waals surface area contributed by atoms with E-state index in [4.69, 9.17) is 0 Å². The van der Waals surface area contributed by atoms with Crippen molar-refractivity contribution in [1.29, 1.82) is 0 Å². The topological polar surface area (TPSA) is 29.1 Å². The van der Waals surface area contributed by atoms with Gasteiger partial charge in [-0.3, -0.25) is 4.79 Å². The van der Waals surface area contributed by atoms with Crippen LogP contribution in [-0.2, 0) is 0 Å². The summed E-state index contributed by atoms with van der Waals surface area (Å²) in [5.41, 5.74) is 0.892. The molecule has 20 heavy (non-hydrogen) atoms. The Balaban J connectivity index is 1.82. The lowest BCUT2D eigenvalue weighted by Crippen LogP contribution is -2.30. The average Bonchev–Trinajstić information content (AvgIpc) is 2.86. The zero-order valence-electron chi connectivity index (χ0n) is 11.0. The number of benzene rings is 1. The molecule has 0 spiro atoms. The summed E-state index contributed by atoms with van der Waals surface area (Å²) in [4.78, 5) is 15.1. The van der Waals surface area contributed by atoms with Crippen LogP contribution in [0.15, 0.2) is 35.2 Å². The van der Waals surface area contributed by atoms with Crippen LogP contribution in [0, 0.1) is 12.7 Å². The van der Waals surface area contributed by atoms with Crippen LogP contribution in [0.3, 0.4) is 0 Å². The average molecular weight is 307 g/mol. The van der Waals surface area contributed by atoms with Gasteiger partial charge in [0.25, 0.3) is 5.91 Å². The van der Waals surface area contributed by atoms with E-state index in [1.807, 2.05) is 19.1 Å². The normalized spacial score (nSPS) is 17.6. The molecule has 2 aromatic rings. The fraction of sp³-hybridized carbons (Fsp3) is 0.267. The fourth-order valence-electron chi connectivity index (χ4n) is 2.30. The van der Waals surface area contributed by atoms with Gasteiger partial charge in [0.15, 0.2) is 0 Å². The minimum Gasteiger partial charge on any atom is -0.344 e. The summed E-state index contributed by atoms with van der Waals surface area (Å²) in [5, 5.41) is 3.02. The third-order valence-corrected chi connectivity index (χ3v) is 5.40. The van der Waals surface area contributed by atoms with E-state index in [1.54, 1.807) is 17.8 Å². The van der Waals surface area contributed by atoms with Gasteiger partial charge in [0.2, 0.25) is 0 Å². The fourth-order valence-corrected chi connectivity index (χ4v) is 4.18. The van der Waals surface area contributed by atoms with Crippen LogP contribution >= 0.6 is 23.1 Å². The predicted octanol–water partition coefficient (Wildman–Crippen LogP) is 4.16. The monoisotopic (exact) mass is 307 g/mol. The predicted molar refractivity (Wildman–Crippen MR) is 81.0 cm³/mol. The molecule has 0 fully saturated rings. The first-order valence-corrected chi connectivity index (χ1v) is 8.23. The standard InChI is InChI=1S/C15H14FNOS2/c1-9-2-4-14(20-9)15(18)17-12-6-7-19-13-5-3-10(16)8-11(12)13/h2-5,8,12H,6-7H2,1H3,(H,17,18). The van der Waals surface area contributed by atoms with Gasteiger partial charge in [-0.15, -0.1) is 23.1 Å². The third-order valence-electron chi connectivity index (χ3n) is 3.28. The highest BCUT2D eigenvalue weighted by molar-refractivity contribution is 7.99. The zero-order chi connectivity index (χ0) is 14.1. The highest BCUT2D eigenvalue weighted by Crippen LogP contribution is 2.36. The Morgan fingerprint density at radius 3 is 2.95 bits per heavy atom. The van der Waals surface area contributed by atoms with E-state index < -0.39 is 0 Å². The molecule has 104 valence electrons. The van der Waals surface area contributed by atoms with Crippen molar-refractivity contribution in [3.05, 3.63) is 51.5 Å². The van der Waals surface area contributed by atoms with Crippen LogP contribution in [-0.4, -0.2) is 11.7 Å². The number of aryl methyl sites for hydroxylation is 1. The minimum absolute atomic E-state index is 0.0739. The molecule has 1 N–H and O–H groups in total. The van der Waals surface area contributed by atoms with Crippen LogP contribution in [0.5, 0.6) is 0 Å². The molecule has 0 radical (unpaired) electrons. The van der Waals surface area contributed by atoms with Gasteiger partial charge in [-0.1, -0.05) is 0 Å². The molecule has 1 aromatic carbocycles. The molecule has 0 aliphatic carbocycles. The highest BCUT2D eigenvalue weighted by Gasteiger charge is 2.23. The highest BCUT2D eigenvalue weighted by atomic mass is 32.2. The summed E-state index contributed by atoms with van der Waals surface area (Å²) < 4.78 is 13.4. The van der Waals surface area contributed by atoms with E-state index in [2.05, 4.69) is 5.32 Å². The van der Waals surface area contributed by atoms with Crippen LogP contribution in [0.2, 0.25) is 0 Å². The van der Waals surface area contributed by atoms with Crippen molar-refractivity contribution in [2.75, 3.05) is 5.75 Å². The Hall–Kier alpha value is -1.33. The molecule has 1 atom stereocenters. The molecule has 5 heteroatoms. The molecule has 0 saturated carbocycles. The van der Waals surface area contributed by atoms with Crippen LogP contribution < -0.4 is 5.32 Å². The Labute approximate surface area is 125 Å². The molecule has 0 bridgehead atoms. The van der Waals surface area contributed by atoms with Crippen molar-refractivity contribution in [1.82, 2.24) is 5.32 Å². The van der Waals surface area contributed by atoms with E-state index in [9.17, 15) is 9.18 Å². The number of rotatable bonds is 2. The van der Waals surface area contributed by atoms with Crippen molar-refractivity contribution in [3.8, 4) is 0 Å². The van der Waals surface area contributed by atoms with Gasteiger partial charge in [-0.2, -0.15) is 0 Å². The van der Waals surface area contributed by atoms with Crippen molar-refractivity contribution in [3.63, 3.8) is 0 Å². The molecule has 2 nitrogen and oxygen atoms in total.